The summed E-state index contributed by atoms with van der Waals surface area (Å²) >= 11 is 0. The van der Waals surface area contributed by atoms with Crippen LogP contribution in [0.4, 0.5) is 10.1 Å². The molecule has 0 saturated heterocycles. The van der Waals surface area contributed by atoms with Crippen LogP contribution in [0.15, 0.2) is 46.7 Å². The molecule has 7 heteroatoms. The summed E-state index contributed by atoms with van der Waals surface area (Å²) in [6.45, 7) is 3.63. The fourth-order valence-electron chi connectivity index (χ4n) is 4.92. The van der Waals surface area contributed by atoms with Gasteiger partial charge in [-0.2, -0.15) is 0 Å². The number of nitrogens with zero attached hydrogens (tertiary/aromatic N) is 2. The smallest absolute Gasteiger partial charge is 0.274 e. The van der Waals surface area contributed by atoms with E-state index in [-0.39, 0.29) is 30.1 Å². The highest BCUT2D eigenvalue weighted by molar-refractivity contribution is 6.47. The number of aliphatic imine (C=N–C) groups is 1. The zero-order chi connectivity index (χ0) is 22.9. The van der Waals surface area contributed by atoms with E-state index in [2.05, 4.69) is 12.2 Å². The molecular weight excluding hydrogens is 409 g/mol. The molecule has 0 aromatic heterocycles. The van der Waals surface area contributed by atoms with E-state index in [1.807, 2.05) is 12.2 Å². The SMILES string of the molecule is COC1=CC=C(C2=NC3(CCCCC3)N(CC(=O)Nc3ccc(F)c(C)c3)C2=O)CC1C. The number of anilines is 1. The quantitative estimate of drug-likeness (QED) is 0.734. The number of hydrogen-bond donors (Lipinski definition) is 1. The normalized spacial score (nSPS) is 22.4. The van der Waals surface area contributed by atoms with Gasteiger partial charge in [0.25, 0.3) is 5.91 Å². The molecule has 1 unspecified atom stereocenters. The third-order valence-corrected chi connectivity index (χ3v) is 6.67. The van der Waals surface area contributed by atoms with Crippen LogP contribution in [0.2, 0.25) is 0 Å². The first-order chi connectivity index (χ1) is 15.3. The lowest BCUT2D eigenvalue weighted by atomic mass is 9.88. The second-order valence-electron chi connectivity index (χ2n) is 8.98. The summed E-state index contributed by atoms with van der Waals surface area (Å²) in [5.74, 6) is 0.232. The molecule has 2 amide bonds. The number of nitrogens with one attached hydrogen (secondary N) is 1. The lowest BCUT2D eigenvalue weighted by Crippen LogP contribution is -2.51. The first-order valence-electron chi connectivity index (χ1n) is 11.3. The summed E-state index contributed by atoms with van der Waals surface area (Å²) in [4.78, 5) is 33.0. The lowest BCUT2D eigenvalue weighted by Gasteiger charge is -2.38. The maximum atomic E-state index is 13.5. The molecule has 1 atom stereocenters. The highest BCUT2D eigenvalue weighted by Gasteiger charge is 2.48. The number of amides is 2. The summed E-state index contributed by atoms with van der Waals surface area (Å²) in [5, 5.41) is 2.80. The molecule has 1 fully saturated rings. The number of carbonyl (C=O) groups is 2. The zero-order valence-electron chi connectivity index (χ0n) is 18.9. The Labute approximate surface area is 188 Å². The van der Waals surface area contributed by atoms with Gasteiger partial charge in [-0.1, -0.05) is 19.4 Å². The van der Waals surface area contributed by atoms with Crippen molar-refractivity contribution in [2.75, 3.05) is 19.0 Å². The molecule has 3 aliphatic rings. The maximum Gasteiger partial charge on any atom is 0.274 e. The minimum absolute atomic E-state index is 0.0791. The topological polar surface area (TPSA) is 71.0 Å². The number of ether oxygens (including phenoxy) is 1. The van der Waals surface area contributed by atoms with Gasteiger partial charge in [-0.15, -0.1) is 0 Å². The zero-order valence-corrected chi connectivity index (χ0v) is 18.9. The van der Waals surface area contributed by atoms with Crippen molar-refractivity contribution in [3.63, 3.8) is 0 Å². The van der Waals surface area contributed by atoms with E-state index in [1.165, 1.54) is 12.1 Å². The number of rotatable bonds is 5. The number of benzene rings is 1. The predicted octanol–water partition coefficient (Wildman–Crippen LogP) is 4.51. The van der Waals surface area contributed by atoms with E-state index >= 15 is 0 Å². The number of methoxy groups -OCH3 is 1. The van der Waals surface area contributed by atoms with Crippen molar-refractivity contribution in [3.05, 3.63) is 53.1 Å². The molecule has 1 aliphatic heterocycles. The number of aryl methyl sites for hydroxylation is 1. The van der Waals surface area contributed by atoms with Crippen molar-refractivity contribution in [2.24, 2.45) is 10.9 Å². The molecule has 1 N–H and O–H groups in total. The fraction of sp³-hybridized carbons (Fsp3) is 0.480. The molecule has 170 valence electrons. The first-order valence-corrected chi connectivity index (χ1v) is 11.3. The lowest BCUT2D eigenvalue weighted by molar-refractivity contribution is -0.134. The Hall–Kier alpha value is -2.96. The number of carbonyl (C=O) groups excluding carboxylic acids is 2. The van der Waals surface area contributed by atoms with E-state index < -0.39 is 5.66 Å². The van der Waals surface area contributed by atoms with Gasteiger partial charge in [0.15, 0.2) is 0 Å². The van der Waals surface area contributed by atoms with Crippen LogP contribution in [-0.2, 0) is 14.3 Å². The molecule has 1 aromatic rings. The molecule has 0 bridgehead atoms. The molecule has 0 radical (unpaired) electrons. The van der Waals surface area contributed by atoms with Gasteiger partial charge in [-0.3, -0.25) is 14.6 Å². The summed E-state index contributed by atoms with van der Waals surface area (Å²) in [5.41, 5.74) is 1.67. The molecule has 2 aliphatic carbocycles. The van der Waals surface area contributed by atoms with Gasteiger partial charge in [0, 0.05) is 11.6 Å². The van der Waals surface area contributed by atoms with Crippen LogP contribution in [0.1, 0.15) is 51.0 Å². The van der Waals surface area contributed by atoms with Crippen LogP contribution >= 0.6 is 0 Å². The van der Waals surface area contributed by atoms with E-state index in [0.717, 1.165) is 43.4 Å². The van der Waals surface area contributed by atoms with E-state index in [0.29, 0.717) is 23.4 Å². The third-order valence-electron chi connectivity index (χ3n) is 6.67. The van der Waals surface area contributed by atoms with Gasteiger partial charge in [-0.25, -0.2) is 4.39 Å². The van der Waals surface area contributed by atoms with Crippen LogP contribution in [-0.4, -0.2) is 41.7 Å². The fourth-order valence-corrected chi connectivity index (χ4v) is 4.92. The van der Waals surface area contributed by atoms with Crippen LogP contribution in [0.3, 0.4) is 0 Å². The Kier molecular flexibility index (Phi) is 6.17. The largest absolute Gasteiger partial charge is 0.501 e. The van der Waals surface area contributed by atoms with Crippen LogP contribution < -0.4 is 5.32 Å². The third kappa shape index (κ3) is 4.20. The second kappa shape index (κ2) is 8.88. The monoisotopic (exact) mass is 439 g/mol. The first kappa shape index (κ1) is 22.2. The van der Waals surface area contributed by atoms with Crippen LogP contribution in [0, 0.1) is 18.7 Å². The van der Waals surface area contributed by atoms with Crippen molar-refractivity contribution in [3.8, 4) is 0 Å². The average molecular weight is 440 g/mol. The minimum Gasteiger partial charge on any atom is -0.501 e. The number of hydrogen-bond acceptors (Lipinski definition) is 4. The van der Waals surface area contributed by atoms with Crippen LogP contribution in [0.25, 0.3) is 0 Å². The molecule has 4 rings (SSSR count). The molecule has 1 saturated carbocycles. The highest BCUT2D eigenvalue weighted by Crippen LogP contribution is 2.41. The van der Waals surface area contributed by atoms with Crippen molar-refractivity contribution >= 4 is 23.2 Å². The van der Waals surface area contributed by atoms with E-state index in [9.17, 15) is 14.0 Å². The molecule has 1 heterocycles. The number of halogens is 1. The summed E-state index contributed by atoms with van der Waals surface area (Å²) < 4.78 is 19.0. The van der Waals surface area contributed by atoms with Gasteiger partial charge in [0.1, 0.15) is 23.7 Å². The Balaban J connectivity index is 1.57. The summed E-state index contributed by atoms with van der Waals surface area (Å²) in [6, 6.07) is 4.44. The second-order valence-corrected chi connectivity index (χ2v) is 8.98. The van der Waals surface area contributed by atoms with Gasteiger partial charge in [-0.05, 0) is 74.4 Å². The van der Waals surface area contributed by atoms with Gasteiger partial charge < -0.3 is 15.0 Å². The van der Waals surface area contributed by atoms with Crippen molar-refractivity contribution in [1.29, 1.82) is 0 Å². The Bertz CT molecular complexity index is 1020. The Morgan fingerprint density at radius 2 is 2.03 bits per heavy atom. The molecule has 6 nitrogen and oxygen atoms in total. The van der Waals surface area contributed by atoms with Crippen molar-refractivity contribution in [1.82, 2.24) is 4.90 Å². The van der Waals surface area contributed by atoms with Gasteiger partial charge in [0.05, 0.1) is 12.9 Å². The van der Waals surface area contributed by atoms with Crippen LogP contribution in [0.5, 0.6) is 0 Å². The van der Waals surface area contributed by atoms with Crippen molar-refractivity contribution in [2.45, 2.75) is 58.0 Å². The highest BCUT2D eigenvalue weighted by atomic mass is 19.1. The summed E-state index contributed by atoms with van der Waals surface area (Å²) in [6.07, 6.45) is 9.06. The predicted molar refractivity (Wildman–Crippen MR) is 122 cm³/mol. The summed E-state index contributed by atoms with van der Waals surface area (Å²) in [7, 11) is 1.65. The standard InChI is InChI=1S/C25H30FN3O3/c1-16-14-19(8-9-20(16)26)27-22(30)15-29-24(31)23(28-25(29)11-5-4-6-12-25)18-7-10-21(32-3)17(2)13-18/h7-10,14,17H,4-6,11-13,15H2,1-3H3,(H,27,30). The van der Waals surface area contributed by atoms with E-state index in [1.54, 1.807) is 25.0 Å². The maximum absolute atomic E-state index is 13.5. The Morgan fingerprint density at radius 1 is 1.28 bits per heavy atom. The number of allylic oxidation sites excluding steroid dienone is 3. The van der Waals surface area contributed by atoms with E-state index in [4.69, 9.17) is 9.73 Å². The molecule has 32 heavy (non-hydrogen) atoms. The average Bonchev–Trinajstić information content (AvgIpc) is 3.02. The molecule has 1 aromatic carbocycles. The minimum atomic E-state index is -0.657. The van der Waals surface area contributed by atoms with Gasteiger partial charge >= 0.3 is 0 Å². The van der Waals surface area contributed by atoms with Gasteiger partial charge in [0.2, 0.25) is 5.91 Å². The molecule has 1 spiro atoms. The Morgan fingerprint density at radius 3 is 2.69 bits per heavy atom. The van der Waals surface area contributed by atoms with Crippen molar-refractivity contribution < 1.29 is 18.7 Å². The molecular formula is C25H30FN3O3.